The number of carbonyl (C=O) groups excluding carboxylic acids is 1. The maximum Gasteiger partial charge on any atom is 0.219 e. The van der Waals surface area contributed by atoms with Crippen LogP contribution in [0.15, 0.2) is 48.8 Å². The number of rotatable bonds is 3. The zero-order chi connectivity index (χ0) is 18.7. The van der Waals surface area contributed by atoms with E-state index in [9.17, 15) is 4.79 Å². The Kier molecular flexibility index (Phi) is 5.23. The smallest absolute Gasteiger partial charge is 0.219 e. The fourth-order valence-electron chi connectivity index (χ4n) is 4.18. The van der Waals surface area contributed by atoms with Crippen LogP contribution in [0, 0.1) is 0 Å². The Morgan fingerprint density at radius 1 is 1.11 bits per heavy atom. The minimum absolute atomic E-state index is 0.0835. The van der Waals surface area contributed by atoms with Crippen LogP contribution in [0.5, 0.6) is 0 Å². The summed E-state index contributed by atoms with van der Waals surface area (Å²) in [6.45, 7) is 6.89. The van der Waals surface area contributed by atoms with Crippen LogP contribution in [-0.2, 0) is 16.1 Å². The van der Waals surface area contributed by atoms with Crippen LogP contribution in [0.1, 0.15) is 25.3 Å². The van der Waals surface area contributed by atoms with Gasteiger partial charge in [0, 0.05) is 52.0 Å². The second-order valence-corrected chi connectivity index (χ2v) is 7.69. The molecular formula is C22H27N3O2. The number of pyridine rings is 1. The Hall–Kier alpha value is -2.24. The third kappa shape index (κ3) is 4.20. The molecule has 2 saturated heterocycles. The van der Waals surface area contributed by atoms with Gasteiger partial charge in [0.1, 0.15) is 0 Å². The number of carbonyl (C=O) groups is 1. The molecular weight excluding hydrogens is 338 g/mol. The topological polar surface area (TPSA) is 45.7 Å². The summed E-state index contributed by atoms with van der Waals surface area (Å²) in [6, 6.07) is 12.8. The van der Waals surface area contributed by atoms with Crippen LogP contribution in [0.25, 0.3) is 11.1 Å². The molecule has 0 unspecified atom stereocenters. The highest BCUT2D eigenvalue weighted by atomic mass is 16.5. The molecule has 27 heavy (non-hydrogen) atoms. The first-order chi connectivity index (χ1) is 13.1. The fraction of sp³-hybridized carbons (Fsp3) is 0.455. The summed E-state index contributed by atoms with van der Waals surface area (Å²) < 4.78 is 6.19. The van der Waals surface area contributed by atoms with E-state index in [0.29, 0.717) is 0 Å². The van der Waals surface area contributed by atoms with Gasteiger partial charge in [-0.3, -0.25) is 14.7 Å². The van der Waals surface area contributed by atoms with E-state index in [1.165, 1.54) is 11.1 Å². The number of hydrogen-bond donors (Lipinski definition) is 0. The highest BCUT2D eigenvalue weighted by Crippen LogP contribution is 2.31. The molecule has 0 bridgehead atoms. The van der Waals surface area contributed by atoms with Crippen molar-refractivity contribution in [1.29, 1.82) is 0 Å². The summed E-state index contributed by atoms with van der Waals surface area (Å²) in [7, 11) is 0. The molecule has 1 spiro atoms. The average Bonchev–Trinajstić information content (AvgIpc) is 2.70. The second-order valence-electron chi connectivity index (χ2n) is 7.69. The van der Waals surface area contributed by atoms with Crippen molar-refractivity contribution in [3.05, 3.63) is 54.4 Å². The normalized spacial score (nSPS) is 20.0. The van der Waals surface area contributed by atoms with Crippen LogP contribution in [0.2, 0.25) is 0 Å². The second kappa shape index (κ2) is 7.79. The van der Waals surface area contributed by atoms with E-state index >= 15 is 0 Å². The van der Waals surface area contributed by atoms with E-state index in [1.807, 2.05) is 17.2 Å². The predicted octanol–water partition coefficient (Wildman–Crippen LogP) is 2.96. The molecule has 2 aliphatic rings. The van der Waals surface area contributed by atoms with Crippen molar-refractivity contribution in [1.82, 2.24) is 14.8 Å². The van der Waals surface area contributed by atoms with Crippen molar-refractivity contribution in [2.24, 2.45) is 0 Å². The Morgan fingerprint density at radius 2 is 1.89 bits per heavy atom. The highest BCUT2D eigenvalue weighted by molar-refractivity contribution is 5.73. The van der Waals surface area contributed by atoms with E-state index in [-0.39, 0.29) is 11.5 Å². The number of ether oxygens (including phenoxy) is 1. The first-order valence-corrected chi connectivity index (χ1v) is 9.75. The SMILES string of the molecule is CC(=O)N1CCC2(CC1)CN(Cc1ccc(-c3cccnc3)cc1)CCO2. The van der Waals surface area contributed by atoms with Gasteiger partial charge in [0.05, 0.1) is 12.2 Å². The lowest BCUT2D eigenvalue weighted by atomic mass is 9.89. The molecule has 0 saturated carbocycles. The van der Waals surface area contributed by atoms with Gasteiger partial charge in [-0.05, 0) is 35.6 Å². The van der Waals surface area contributed by atoms with Gasteiger partial charge in [0.15, 0.2) is 0 Å². The van der Waals surface area contributed by atoms with Crippen molar-refractivity contribution >= 4 is 5.91 Å². The lowest BCUT2D eigenvalue weighted by molar-refractivity contribution is -0.149. The van der Waals surface area contributed by atoms with Gasteiger partial charge in [0.25, 0.3) is 0 Å². The first-order valence-electron chi connectivity index (χ1n) is 9.75. The molecule has 5 heteroatoms. The summed E-state index contributed by atoms with van der Waals surface area (Å²) >= 11 is 0. The van der Waals surface area contributed by atoms with Gasteiger partial charge >= 0.3 is 0 Å². The summed E-state index contributed by atoms with van der Waals surface area (Å²) in [4.78, 5) is 20.2. The largest absolute Gasteiger partial charge is 0.372 e. The van der Waals surface area contributed by atoms with E-state index in [2.05, 4.69) is 40.2 Å². The lowest BCUT2D eigenvalue weighted by Crippen LogP contribution is -2.57. The molecule has 142 valence electrons. The van der Waals surface area contributed by atoms with Crippen molar-refractivity contribution in [2.75, 3.05) is 32.8 Å². The molecule has 1 amide bonds. The van der Waals surface area contributed by atoms with Crippen molar-refractivity contribution in [3.63, 3.8) is 0 Å². The van der Waals surface area contributed by atoms with Crippen molar-refractivity contribution < 1.29 is 9.53 Å². The van der Waals surface area contributed by atoms with Gasteiger partial charge in [-0.15, -0.1) is 0 Å². The Balaban J connectivity index is 1.38. The number of piperidine rings is 1. The monoisotopic (exact) mass is 365 g/mol. The van der Waals surface area contributed by atoms with Gasteiger partial charge in [-0.1, -0.05) is 30.3 Å². The first kappa shape index (κ1) is 18.1. The molecule has 0 aliphatic carbocycles. The third-order valence-corrected chi connectivity index (χ3v) is 5.80. The number of benzene rings is 1. The molecule has 0 N–H and O–H groups in total. The van der Waals surface area contributed by atoms with Crippen molar-refractivity contribution in [2.45, 2.75) is 31.9 Å². The summed E-state index contributed by atoms with van der Waals surface area (Å²) in [5.41, 5.74) is 3.58. The molecule has 0 atom stereocenters. The number of hydrogen-bond acceptors (Lipinski definition) is 4. The number of likely N-dealkylation sites (tertiary alicyclic amines) is 1. The number of amides is 1. The maximum atomic E-state index is 11.6. The quantitative estimate of drug-likeness (QED) is 0.839. The van der Waals surface area contributed by atoms with E-state index in [1.54, 1.807) is 13.1 Å². The number of aromatic nitrogens is 1. The van der Waals surface area contributed by atoms with E-state index in [4.69, 9.17) is 4.74 Å². The van der Waals surface area contributed by atoms with Gasteiger partial charge in [-0.25, -0.2) is 0 Å². The molecule has 2 fully saturated rings. The minimum Gasteiger partial charge on any atom is -0.372 e. The molecule has 0 radical (unpaired) electrons. The fourth-order valence-corrected chi connectivity index (χ4v) is 4.18. The van der Waals surface area contributed by atoms with E-state index < -0.39 is 0 Å². The lowest BCUT2D eigenvalue weighted by Gasteiger charge is -2.47. The Morgan fingerprint density at radius 3 is 2.56 bits per heavy atom. The van der Waals surface area contributed by atoms with Crippen LogP contribution in [-0.4, -0.2) is 59.1 Å². The van der Waals surface area contributed by atoms with E-state index in [0.717, 1.165) is 57.7 Å². The zero-order valence-electron chi connectivity index (χ0n) is 15.9. The molecule has 4 rings (SSSR count). The minimum atomic E-state index is -0.0835. The van der Waals surface area contributed by atoms with Crippen LogP contribution in [0.3, 0.4) is 0 Å². The van der Waals surface area contributed by atoms with Gasteiger partial charge < -0.3 is 9.64 Å². The maximum absolute atomic E-state index is 11.6. The molecule has 2 aliphatic heterocycles. The molecule has 1 aromatic carbocycles. The molecule has 5 nitrogen and oxygen atoms in total. The predicted molar refractivity (Wildman–Crippen MR) is 105 cm³/mol. The number of morpholine rings is 1. The molecule has 3 heterocycles. The highest BCUT2D eigenvalue weighted by Gasteiger charge is 2.40. The average molecular weight is 365 g/mol. The Bertz CT molecular complexity index is 768. The summed E-state index contributed by atoms with van der Waals surface area (Å²) in [6.07, 6.45) is 5.56. The summed E-state index contributed by atoms with van der Waals surface area (Å²) in [5.74, 6) is 0.172. The number of nitrogens with zero attached hydrogens (tertiary/aromatic N) is 3. The van der Waals surface area contributed by atoms with Crippen LogP contribution in [0.4, 0.5) is 0 Å². The van der Waals surface area contributed by atoms with Gasteiger partial charge in [0.2, 0.25) is 5.91 Å². The molecule has 1 aromatic heterocycles. The van der Waals surface area contributed by atoms with Crippen LogP contribution >= 0.6 is 0 Å². The summed E-state index contributed by atoms with van der Waals surface area (Å²) in [5, 5.41) is 0. The van der Waals surface area contributed by atoms with Crippen LogP contribution < -0.4 is 0 Å². The van der Waals surface area contributed by atoms with Crippen molar-refractivity contribution in [3.8, 4) is 11.1 Å². The third-order valence-electron chi connectivity index (χ3n) is 5.80. The Labute approximate surface area is 161 Å². The zero-order valence-corrected chi connectivity index (χ0v) is 15.9. The molecule has 2 aromatic rings. The van der Waals surface area contributed by atoms with Gasteiger partial charge in [-0.2, -0.15) is 0 Å². The standard InChI is InChI=1S/C22H27N3O2/c1-18(26)25-11-8-22(9-12-25)17-24(13-14-27-22)16-19-4-6-20(7-5-19)21-3-2-10-23-15-21/h2-7,10,15H,8-9,11-14,16-17H2,1H3.